The van der Waals surface area contributed by atoms with Crippen LogP contribution >= 0.6 is 0 Å². The van der Waals surface area contributed by atoms with E-state index in [1.165, 1.54) is 17.7 Å². The molecule has 2 aromatic rings. The lowest BCUT2D eigenvalue weighted by atomic mass is 10.0. The molecule has 98 valence electrons. The first kappa shape index (κ1) is 12.3. The zero-order valence-corrected chi connectivity index (χ0v) is 11.3. The second-order valence-corrected chi connectivity index (χ2v) is 5.18. The fourth-order valence-corrected chi connectivity index (χ4v) is 2.67. The quantitative estimate of drug-likeness (QED) is 0.913. The predicted molar refractivity (Wildman–Crippen MR) is 76.2 cm³/mol. The minimum atomic E-state index is 0.552. The molecular weight excluding hydrogens is 234 g/mol. The van der Waals surface area contributed by atoms with Crippen LogP contribution in [0.1, 0.15) is 35.1 Å². The number of rotatable bonds is 3. The smallest absolute Gasteiger partial charge is 0.125 e. The van der Waals surface area contributed by atoms with Gasteiger partial charge in [-0.05, 0) is 31.5 Å². The van der Waals surface area contributed by atoms with E-state index in [0.29, 0.717) is 5.92 Å². The number of aromatic nitrogens is 2. The molecule has 0 radical (unpaired) electrons. The Morgan fingerprint density at radius 1 is 1.21 bits per heavy atom. The maximum atomic E-state index is 4.61. The van der Waals surface area contributed by atoms with Gasteiger partial charge in [0.15, 0.2) is 0 Å². The van der Waals surface area contributed by atoms with Crippen LogP contribution in [0, 0.1) is 6.92 Å². The van der Waals surface area contributed by atoms with E-state index >= 15 is 0 Å². The summed E-state index contributed by atoms with van der Waals surface area (Å²) in [7, 11) is 0. The minimum absolute atomic E-state index is 0.552. The van der Waals surface area contributed by atoms with E-state index in [0.717, 1.165) is 31.0 Å². The first-order valence-electron chi connectivity index (χ1n) is 6.90. The second kappa shape index (κ2) is 5.49. The molecule has 1 aromatic heterocycles. The lowest BCUT2D eigenvalue weighted by molar-refractivity contribution is 0.719. The third-order valence-corrected chi connectivity index (χ3v) is 3.62. The second-order valence-electron chi connectivity index (χ2n) is 5.18. The average molecular weight is 253 g/mol. The molecule has 0 spiro atoms. The van der Waals surface area contributed by atoms with Gasteiger partial charge >= 0.3 is 0 Å². The van der Waals surface area contributed by atoms with Crippen LogP contribution in [0.5, 0.6) is 0 Å². The van der Waals surface area contributed by atoms with Crippen LogP contribution in [0.25, 0.3) is 0 Å². The molecule has 1 aromatic carbocycles. The van der Waals surface area contributed by atoms with Crippen molar-refractivity contribution in [3.63, 3.8) is 0 Å². The van der Waals surface area contributed by atoms with Crippen LogP contribution in [0.15, 0.2) is 36.4 Å². The van der Waals surface area contributed by atoms with E-state index in [1.807, 2.05) is 13.0 Å². The van der Waals surface area contributed by atoms with E-state index in [4.69, 9.17) is 0 Å². The fourth-order valence-electron chi connectivity index (χ4n) is 2.67. The molecule has 3 heteroatoms. The van der Waals surface area contributed by atoms with Crippen molar-refractivity contribution in [1.82, 2.24) is 15.3 Å². The number of hydrogen-bond donors (Lipinski definition) is 1. The summed E-state index contributed by atoms with van der Waals surface area (Å²) in [5.41, 5.74) is 3.63. The third-order valence-electron chi connectivity index (χ3n) is 3.62. The van der Waals surface area contributed by atoms with Crippen LogP contribution in [0.4, 0.5) is 0 Å². The standard InChI is InChI=1S/C16H19N3/c1-12-18-15(9-13-5-3-2-4-6-13)10-16(19-12)14-7-8-17-11-14/h2-6,10,14,17H,7-9,11H2,1H3/t14-/m0/s1. The summed E-state index contributed by atoms with van der Waals surface area (Å²) >= 11 is 0. The number of nitrogens with one attached hydrogen (secondary N) is 1. The molecule has 19 heavy (non-hydrogen) atoms. The van der Waals surface area contributed by atoms with Gasteiger partial charge in [0.25, 0.3) is 0 Å². The monoisotopic (exact) mass is 253 g/mol. The Hall–Kier alpha value is -1.74. The van der Waals surface area contributed by atoms with Gasteiger partial charge in [-0.3, -0.25) is 0 Å². The van der Waals surface area contributed by atoms with Crippen molar-refractivity contribution in [1.29, 1.82) is 0 Å². The molecule has 1 saturated heterocycles. The van der Waals surface area contributed by atoms with Crippen LogP contribution < -0.4 is 5.32 Å². The molecule has 1 N–H and O–H groups in total. The molecule has 1 aliphatic rings. The third kappa shape index (κ3) is 2.99. The Labute approximate surface area is 114 Å². The molecule has 0 bridgehead atoms. The lowest BCUT2D eigenvalue weighted by Crippen LogP contribution is -2.10. The highest BCUT2D eigenvalue weighted by Gasteiger charge is 2.19. The summed E-state index contributed by atoms with van der Waals surface area (Å²) in [6.07, 6.45) is 2.07. The van der Waals surface area contributed by atoms with Gasteiger partial charge in [-0.1, -0.05) is 30.3 Å². The highest BCUT2D eigenvalue weighted by molar-refractivity contribution is 5.24. The average Bonchev–Trinajstić information content (AvgIpc) is 2.93. The summed E-state index contributed by atoms with van der Waals surface area (Å²) in [5, 5.41) is 3.40. The maximum Gasteiger partial charge on any atom is 0.125 e. The van der Waals surface area contributed by atoms with E-state index in [1.54, 1.807) is 0 Å². The lowest BCUT2D eigenvalue weighted by Gasteiger charge is -2.10. The van der Waals surface area contributed by atoms with Gasteiger partial charge < -0.3 is 5.32 Å². The van der Waals surface area contributed by atoms with Crippen LogP contribution in [0.2, 0.25) is 0 Å². The molecule has 0 unspecified atom stereocenters. The van der Waals surface area contributed by atoms with Crippen molar-refractivity contribution >= 4 is 0 Å². The van der Waals surface area contributed by atoms with Gasteiger partial charge in [-0.2, -0.15) is 0 Å². The maximum absolute atomic E-state index is 4.61. The van der Waals surface area contributed by atoms with Crippen molar-refractivity contribution < 1.29 is 0 Å². The van der Waals surface area contributed by atoms with E-state index in [9.17, 15) is 0 Å². The minimum Gasteiger partial charge on any atom is -0.316 e. The molecule has 1 aliphatic heterocycles. The van der Waals surface area contributed by atoms with E-state index in [-0.39, 0.29) is 0 Å². The first-order valence-corrected chi connectivity index (χ1v) is 6.90. The Kier molecular flexibility index (Phi) is 3.56. The van der Waals surface area contributed by atoms with Crippen LogP contribution in [-0.4, -0.2) is 23.1 Å². The Morgan fingerprint density at radius 3 is 2.79 bits per heavy atom. The van der Waals surface area contributed by atoms with Crippen molar-refractivity contribution in [3.05, 3.63) is 59.2 Å². The van der Waals surface area contributed by atoms with Crippen molar-refractivity contribution in [3.8, 4) is 0 Å². The molecule has 1 atom stereocenters. The zero-order valence-electron chi connectivity index (χ0n) is 11.3. The fraction of sp³-hybridized carbons (Fsp3) is 0.375. The highest BCUT2D eigenvalue weighted by atomic mass is 14.9. The van der Waals surface area contributed by atoms with Gasteiger partial charge in [-0.15, -0.1) is 0 Å². The molecule has 3 rings (SSSR count). The summed E-state index contributed by atoms with van der Waals surface area (Å²) < 4.78 is 0. The number of benzene rings is 1. The number of hydrogen-bond acceptors (Lipinski definition) is 3. The van der Waals surface area contributed by atoms with E-state index in [2.05, 4.69) is 45.6 Å². The summed E-state index contributed by atoms with van der Waals surface area (Å²) in [6.45, 7) is 4.13. The number of aryl methyl sites for hydroxylation is 1. The van der Waals surface area contributed by atoms with Crippen molar-refractivity contribution in [2.45, 2.75) is 25.7 Å². The topological polar surface area (TPSA) is 37.8 Å². The Bertz CT molecular complexity index is 545. The first-order chi connectivity index (χ1) is 9.31. The van der Waals surface area contributed by atoms with Crippen molar-refractivity contribution in [2.75, 3.05) is 13.1 Å². The van der Waals surface area contributed by atoms with Crippen LogP contribution in [0.3, 0.4) is 0 Å². The highest BCUT2D eigenvalue weighted by Crippen LogP contribution is 2.21. The molecule has 0 amide bonds. The molecule has 1 fully saturated rings. The summed E-state index contributed by atoms with van der Waals surface area (Å²) in [5.74, 6) is 1.44. The molecule has 2 heterocycles. The van der Waals surface area contributed by atoms with Crippen LogP contribution in [-0.2, 0) is 6.42 Å². The van der Waals surface area contributed by atoms with Crippen molar-refractivity contribution in [2.24, 2.45) is 0 Å². The van der Waals surface area contributed by atoms with E-state index < -0.39 is 0 Å². The predicted octanol–water partition coefficient (Wildman–Crippen LogP) is 2.45. The Balaban J connectivity index is 1.85. The normalized spacial score (nSPS) is 18.7. The summed E-state index contributed by atoms with van der Waals surface area (Å²) in [6, 6.07) is 12.7. The van der Waals surface area contributed by atoms with Gasteiger partial charge in [0.2, 0.25) is 0 Å². The number of nitrogens with zero attached hydrogens (tertiary/aromatic N) is 2. The molecule has 0 aliphatic carbocycles. The SMILES string of the molecule is Cc1nc(Cc2ccccc2)cc([C@H]2CCNC2)n1. The zero-order chi connectivity index (χ0) is 13.1. The van der Waals surface area contributed by atoms with Gasteiger partial charge in [-0.25, -0.2) is 9.97 Å². The van der Waals surface area contributed by atoms with Gasteiger partial charge in [0, 0.05) is 30.3 Å². The molecular formula is C16H19N3. The van der Waals surface area contributed by atoms with Gasteiger partial charge in [0.05, 0.1) is 0 Å². The molecule has 0 saturated carbocycles. The molecule has 3 nitrogen and oxygen atoms in total. The van der Waals surface area contributed by atoms with Gasteiger partial charge in [0.1, 0.15) is 5.82 Å². The largest absolute Gasteiger partial charge is 0.316 e. The Morgan fingerprint density at radius 2 is 2.05 bits per heavy atom. The summed E-state index contributed by atoms with van der Waals surface area (Å²) in [4.78, 5) is 9.18.